The standard InChI is InChI=1S/C21H24N4O/c1-24(21-22-20(26-23-21)19-10-6-3-7-11-19)14-18-12-13-25(16-18)15-17-8-4-2-5-9-17/h2-11,18H,12-16H2,1H3. The van der Waals surface area contributed by atoms with Gasteiger partial charge in [0.15, 0.2) is 0 Å². The monoisotopic (exact) mass is 348 g/mol. The molecule has 2 heterocycles. The smallest absolute Gasteiger partial charge is 0.266 e. The van der Waals surface area contributed by atoms with E-state index in [0.717, 1.165) is 31.7 Å². The van der Waals surface area contributed by atoms with Crippen molar-refractivity contribution in [1.29, 1.82) is 0 Å². The Morgan fingerprint density at radius 1 is 1.08 bits per heavy atom. The van der Waals surface area contributed by atoms with Crippen molar-refractivity contribution in [3.8, 4) is 11.5 Å². The van der Waals surface area contributed by atoms with Crippen LogP contribution in [0.3, 0.4) is 0 Å². The van der Waals surface area contributed by atoms with Crippen molar-refractivity contribution in [1.82, 2.24) is 15.0 Å². The molecule has 0 aliphatic carbocycles. The SMILES string of the molecule is CN(CC1CCN(Cc2ccccc2)C1)c1noc(-c2ccccc2)n1. The van der Waals surface area contributed by atoms with Crippen LogP contribution in [0.2, 0.25) is 0 Å². The van der Waals surface area contributed by atoms with E-state index in [1.807, 2.05) is 37.4 Å². The van der Waals surface area contributed by atoms with Crippen LogP contribution in [0.4, 0.5) is 5.95 Å². The molecule has 0 radical (unpaired) electrons. The van der Waals surface area contributed by atoms with Gasteiger partial charge in [-0.2, -0.15) is 4.98 Å². The molecular formula is C21H24N4O. The average molecular weight is 348 g/mol. The van der Waals surface area contributed by atoms with E-state index >= 15 is 0 Å². The van der Waals surface area contributed by atoms with Gasteiger partial charge in [-0.25, -0.2) is 0 Å². The third-order valence-electron chi connectivity index (χ3n) is 4.93. The molecule has 1 fully saturated rings. The molecule has 4 rings (SSSR count). The molecule has 1 saturated heterocycles. The molecule has 0 amide bonds. The highest BCUT2D eigenvalue weighted by Gasteiger charge is 2.25. The Kier molecular flexibility index (Phi) is 4.97. The molecule has 1 unspecified atom stereocenters. The Hall–Kier alpha value is -2.66. The maximum atomic E-state index is 5.42. The van der Waals surface area contributed by atoms with Gasteiger partial charge in [-0.1, -0.05) is 48.5 Å². The van der Waals surface area contributed by atoms with Crippen molar-refractivity contribution in [2.75, 3.05) is 31.6 Å². The first-order chi connectivity index (χ1) is 12.8. The first-order valence-electron chi connectivity index (χ1n) is 9.14. The Labute approximate surface area is 154 Å². The molecule has 2 aromatic carbocycles. The number of aromatic nitrogens is 2. The minimum atomic E-state index is 0.574. The van der Waals surface area contributed by atoms with Gasteiger partial charge >= 0.3 is 0 Å². The fraction of sp³-hybridized carbons (Fsp3) is 0.333. The average Bonchev–Trinajstić information content (AvgIpc) is 3.33. The van der Waals surface area contributed by atoms with Crippen molar-refractivity contribution >= 4 is 5.95 Å². The normalized spacial score (nSPS) is 17.5. The second-order valence-electron chi connectivity index (χ2n) is 7.02. The molecular weight excluding hydrogens is 324 g/mol. The molecule has 0 N–H and O–H groups in total. The van der Waals surface area contributed by atoms with E-state index in [-0.39, 0.29) is 0 Å². The van der Waals surface area contributed by atoms with Crippen LogP contribution in [-0.2, 0) is 6.54 Å². The van der Waals surface area contributed by atoms with E-state index < -0.39 is 0 Å². The molecule has 3 aromatic rings. The zero-order valence-corrected chi connectivity index (χ0v) is 15.1. The van der Waals surface area contributed by atoms with Gasteiger partial charge in [-0.15, -0.1) is 0 Å². The van der Waals surface area contributed by atoms with Crippen molar-refractivity contribution in [2.45, 2.75) is 13.0 Å². The van der Waals surface area contributed by atoms with Gasteiger partial charge in [0.25, 0.3) is 11.8 Å². The zero-order valence-electron chi connectivity index (χ0n) is 15.1. The maximum Gasteiger partial charge on any atom is 0.266 e. The number of nitrogens with zero attached hydrogens (tertiary/aromatic N) is 4. The molecule has 1 atom stereocenters. The zero-order chi connectivity index (χ0) is 17.8. The molecule has 1 aliphatic rings. The van der Waals surface area contributed by atoms with Crippen LogP contribution in [0.5, 0.6) is 0 Å². The molecule has 0 saturated carbocycles. The van der Waals surface area contributed by atoms with E-state index in [0.29, 0.717) is 17.8 Å². The summed E-state index contributed by atoms with van der Waals surface area (Å²) in [4.78, 5) is 9.17. The summed E-state index contributed by atoms with van der Waals surface area (Å²) in [5.41, 5.74) is 2.33. The van der Waals surface area contributed by atoms with Crippen LogP contribution in [-0.4, -0.2) is 41.7 Å². The first kappa shape index (κ1) is 16.8. The van der Waals surface area contributed by atoms with Crippen LogP contribution < -0.4 is 4.90 Å². The molecule has 1 aliphatic heterocycles. The van der Waals surface area contributed by atoms with Gasteiger partial charge in [0.2, 0.25) is 0 Å². The lowest BCUT2D eigenvalue weighted by Gasteiger charge is -2.20. The van der Waals surface area contributed by atoms with Crippen LogP contribution >= 0.6 is 0 Å². The first-order valence-corrected chi connectivity index (χ1v) is 9.14. The lowest BCUT2D eigenvalue weighted by molar-refractivity contribution is 0.317. The lowest BCUT2D eigenvalue weighted by Crippen LogP contribution is -2.28. The number of rotatable bonds is 6. The number of likely N-dealkylation sites (tertiary alicyclic amines) is 1. The Morgan fingerprint density at radius 2 is 1.81 bits per heavy atom. The summed E-state index contributed by atoms with van der Waals surface area (Å²) < 4.78 is 5.42. The number of anilines is 1. The minimum absolute atomic E-state index is 0.574. The Bertz CT molecular complexity index is 818. The number of hydrogen-bond donors (Lipinski definition) is 0. The molecule has 1 aromatic heterocycles. The summed E-state index contributed by atoms with van der Waals surface area (Å²) in [5.74, 6) is 1.86. The van der Waals surface area contributed by atoms with Crippen LogP contribution in [0, 0.1) is 5.92 Å². The highest BCUT2D eigenvalue weighted by molar-refractivity contribution is 5.53. The summed E-state index contributed by atoms with van der Waals surface area (Å²) in [7, 11) is 2.04. The molecule has 134 valence electrons. The molecule has 5 heteroatoms. The largest absolute Gasteiger partial charge is 0.341 e. The van der Waals surface area contributed by atoms with Crippen molar-refractivity contribution < 1.29 is 4.52 Å². The Balaban J connectivity index is 1.33. The van der Waals surface area contributed by atoms with Gasteiger partial charge in [0.1, 0.15) is 0 Å². The second-order valence-corrected chi connectivity index (χ2v) is 7.02. The van der Waals surface area contributed by atoms with E-state index in [1.165, 1.54) is 12.0 Å². The topological polar surface area (TPSA) is 45.4 Å². The molecule has 0 spiro atoms. The fourth-order valence-electron chi connectivity index (χ4n) is 3.58. The predicted molar refractivity (Wildman–Crippen MR) is 103 cm³/mol. The summed E-state index contributed by atoms with van der Waals surface area (Å²) in [5, 5.41) is 4.15. The van der Waals surface area contributed by atoms with Gasteiger partial charge in [-0.3, -0.25) is 4.90 Å². The highest BCUT2D eigenvalue weighted by Crippen LogP contribution is 2.23. The number of hydrogen-bond acceptors (Lipinski definition) is 5. The quantitative estimate of drug-likeness (QED) is 0.680. The van der Waals surface area contributed by atoms with E-state index in [9.17, 15) is 0 Å². The van der Waals surface area contributed by atoms with E-state index in [4.69, 9.17) is 4.52 Å². The van der Waals surface area contributed by atoms with Gasteiger partial charge in [0.05, 0.1) is 0 Å². The molecule has 0 bridgehead atoms. The third kappa shape index (κ3) is 3.94. The Morgan fingerprint density at radius 3 is 2.58 bits per heavy atom. The highest BCUT2D eigenvalue weighted by atomic mass is 16.5. The summed E-state index contributed by atoms with van der Waals surface area (Å²) in [6.45, 7) is 4.23. The van der Waals surface area contributed by atoms with Gasteiger partial charge in [0, 0.05) is 32.2 Å². The van der Waals surface area contributed by atoms with Crippen molar-refractivity contribution in [3.05, 3.63) is 66.2 Å². The van der Waals surface area contributed by atoms with E-state index in [2.05, 4.69) is 50.3 Å². The predicted octanol–water partition coefficient (Wildman–Crippen LogP) is 3.69. The third-order valence-corrected chi connectivity index (χ3v) is 4.93. The van der Waals surface area contributed by atoms with Crippen molar-refractivity contribution in [2.24, 2.45) is 5.92 Å². The minimum Gasteiger partial charge on any atom is -0.341 e. The number of benzene rings is 2. The van der Waals surface area contributed by atoms with Crippen LogP contribution in [0.1, 0.15) is 12.0 Å². The molecule has 26 heavy (non-hydrogen) atoms. The van der Waals surface area contributed by atoms with Crippen LogP contribution in [0.15, 0.2) is 65.2 Å². The maximum absolute atomic E-state index is 5.42. The van der Waals surface area contributed by atoms with Crippen LogP contribution in [0.25, 0.3) is 11.5 Å². The van der Waals surface area contributed by atoms with E-state index in [1.54, 1.807) is 0 Å². The summed E-state index contributed by atoms with van der Waals surface area (Å²) in [6.07, 6.45) is 1.21. The summed E-state index contributed by atoms with van der Waals surface area (Å²) in [6, 6.07) is 20.6. The van der Waals surface area contributed by atoms with Crippen molar-refractivity contribution in [3.63, 3.8) is 0 Å². The molecule has 5 nitrogen and oxygen atoms in total. The summed E-state index contributed by atoms with van der Waals surface area (Å²) >= 11 is 0. The fourth-order valence-corrected chi connectivity index (χ4v) is 3.58. The second kappa shape index (κ2) is 7.70. The van der Waals surface area contributed by atoms with Gasteiger partial charge in [-0.05, 0) is 41.7 Å². The van der Waals surface area contributed by atoms with Gasteiger partial charge < -0.3 is 9.42 Å². The lowest BCUT2D eigenvalue weighted by atomic mass is 10.1.